The van der Waals surface area contributed by atoms with Crippen molar-refractivity contribution in [3.8, 4) is 0 Å². The molecule has 2 nitrogen and oxygen atoms in total. The fourth-order valence-electron chi connectivity index (χ4n) is 2.07. The van der Waals surface area contributed by atoms with Gasteiger partial charge in [-0.2, -0.15) is 0 Å². The summed E-state index contributed by atoms with van der Waals surface area (Å²) in [6.45, 7) is 1.61. The smallest absolute Gasteiger partial charge is 0.253 e. The third-order valence-electron chi connectivity index (χ3n) is 3.21. The molecular weight excluding hydrogens is 257 g/mol. The molecule has 4 heteroatoms. The molecule has 0 spiro atoms. The second kappa shape index (κ2) is 5.74. The number of likely N-dealkylation sites (tertiary alicyclic amines) is 1. The Labute approximate surface area is 112 Å². The molecule has 0 aliphatic carbocycles. The van der Waals surface area contributed by atoms with Gasteiger partial charge in [0.05, 0.1) is 0 Å². The number of carbonyl (C=O) groups is 1. The number of benzene rings is 1. The molecule has 1 fully saturated rings. The summed E-state index contributed by atoms with van der Waals surface area (Å²) in [6.07, 6.45) is 2.01. The molecule has 1 heterocycles. The third kappa shape index (κ3) is 3.14. The number of hydrogen-bond donors (Lipinski definition) is 0. The van der Waals surface area contributed by atoms with Gasteiger partial charge in [-0.3, -0.25) is 4.79 Å². The van der Waals surface area contributed by atoms with E-state index < -0.39 is 0 Å². The molecule has 0 atom stereocenters. The minimum absolute atomic E-state index is 0.0923. The van der Waals surface area contributed by atoms with Crippen LogP contribution in [0.4, 0.5) is 0 Å². The summed E-state index contributed by atoms with van der Waals surface area (Å²) in [5.74, 6) is 1.35. The highest BCUT2D eigenvalue weighted by Crippen LogP contribution is 2.20. The lowest BCUT2D eigenvalue weighted by atomic mass is 9.98. The Morgan fingerprint density at radius 2 is 1.82 bits per heavy atom. The number of carbonyl (C=O) groups excluding carboxylic acids is 1. The maximum absolute atomic E-state index is 12.2. The van der Waals surface area contributed by atoms with Crippen molar-refractivity contribution in [1.29, 1.82) is 0 Å². The molecular formula is C13H15Cl2NO. The Balaban J connectivity index is 1.99. The lowest BCUT2D eigenvalue weighted by Crippen LogP contribution is -2.38. The molecule has 0 aromatic heterocycles. The Morgan fingerprint density at radius 3 is 2.35 bits per heavy atom. The van der Waals surface area contributed by atoms with Gasteiger partial charge in [0.1, 0.15) is 0 Å². The zero-order valence-corrected chi connectivity index (χ0v) is 11.0. The van der Waals surface area contributed by atoms with Crippen molar-refractivity contribution in [2.45, 2.75) is 12.8 Å². The van der Waals surface area contributed by atoms with Gasteiger partial charge in [0.15, 0.2) is 0 Å². The van der Waals surface area contributed by atoms with Crippen LogP contribution in [0.5, 0.6) is 0 Å². The van der Waals surface area contributed by atoms with E-state index in [0.29, 0.717) is 22.4 Å². The molecule has 17 heavy (non-hydrogen) atoms. The van der Waals surface area contributed by atoms with Crippen LogP contribution in [0.3, 0.4) is 0 Å². The molecule has 2 rings (SSSR count). The first kappa shape index (κ1) is 12.7. The highest BCUT2D eigenvalue weighted by molar-refractivity contribution is 6.30. The zero-order valence-electron chi connectivity index (χ0n) is 9.53. The molecule has 0 bridgehead atoms. The largest absolute Gasteiger partial charge is 0.339 e. The Morgan fingerprint density at radius 1 is 1.24 bits per heavy atom. The number of rotatable bonds is 2. The molecule has 0 radical (unpaired) electrons. The summed E-state index contributed by atoms with van der Waals surface area (Å²) in [5, 5.41) is 0.655. The Hall–Kier alpha value is -0.730. The highest BCUT2D eigenvalue weighted by Gasteiger charge is 2.22. The molecule has 0 unspecified atom stereocenters. The van der Waals surface area contributed by atoms with Gasteiger partial charge >= 0.3 is 0 Å². The topological polar surface area (TPSA) is 20.3 Å². The fourth-order valence-corrected chi connectivity index (χ4v) is 2.50. The summed E-state index contributed by atoms with van der Waals surface area (Å²) >= 11 is 11.6. The second-order valence-corrected chi connectivity index (χ2v) is 5.14. The monoisotopic (exact) mass is 271 g/mol. The summed E-state index contributed by atoms with van der Waals surface area (Å²) in [4.78, 5) is 14.1. The van der Waals surface area contributed by atoms with E-state index in [2.05, 4.69) is 0 Å². The minimum Gasteiger partial charge on any atom is -0.339 e. The van der Waals surface area contributed by atoms with E-state index in [0.717, 1.165) is 25.9 Å². The van der Waals surface area contributed by atoms with Gasteiger partial charge in [0, 0.05) is 29.6 Å². The second-order valence-electron chi connectivity index (χ2n) is 4.40. The van der Waals surface area contributed by atoms with Crippen LogP contribution in [0, 0.1) is 5.92 Å². The number of hydrogen-bond acceptors (Lipinski definition) is 1. The summed E-state index contributed by atoms with van der Waals surface area (Å²) in [6, 6.07) is 7.05. The van der Waals surface area contributed by atoms with Crippen molar-refractivity contribution in [2.24, 2.45) is 5.92 Å². The lowest BCUT2D eigenvalue weighted by Gasteiger charge is -2.31. The fraction of sp³-hybridized carbons (Fsp3) is 0.462. The number of alkyl halides is 1. The van der Waals surface area contributed by atoms with Crippen LogP contribution < -0.4 is 0 Å². The molecule has 0 saturated carbocycles. The van der Waals surface area contributed by atoms with E-state index in [-0.39, 0.29) is 5.91 Å². The van der Waals surface area contributed by atoms with Crippen LogP contribution in [-0.4, -0.2) is 29.8 Å². The average molecular weight is 272 g/mol. The van der Waals surface area contributed by atoms with E-state index in [4.69, 9.17) is 23.2 Å². The minimum atomic E-state index is 0.0923. The highest BCUT2D eigenvalue weighted by atomic mass is 35.5. The summed E-state index contributed by atoms with van der Waals surface area (Å²) < 4.78 is 0. The van der Waals surface area contributed by atoms with Crippen LogP contribution >= 0.6 is 23.2 Å². The van der Waals surface area contributed by atoms with E-state index >= 15 is 0 Å². The van der Waals surface area contributed by atoms with E-state index in [9.17, 15) is 4.79 Å². The van der Waals surface area contributed by atoms with Gasteiger partial charge in [-0.05, 0) is 43.0 Å². The van der Waals surface area contributed by atoms with Gasteiger partial charge in [-0.15, -0.1) is 11.6 Å². The molecule has 1 amide bonds. The molecule has 1 aromatic carbocycles. The number of halogens is 2. The molecule has 1 aromatic rings. The quantitative estimate of drug-likeness (QED) is 0.755. The van der Waals surface area contributed by atoms with Gasteiger partial charge in [0.25, 0.3) is 5.91 Å². The Bertz CT molecular complexity index is 383. The predicted molar refractivity (Wildman–Crippen MR) is 70.8 cm³/mol. The van der Waals surface area contributed by atoms with E-state index in [1.165, 1.54) is 0 Å². The number of amides is 1. The molecule has 92 valence electrons. The van der Waals surface area contributed by atoms with Crippen molar-refractivity contribution >= 4 is 29.1 Å². The number of piperidine rings is 1. The van der Waals surface area contributed by atoms with Crippen LogP contribution in [0.1, 0.15) is 23.2 Å². The predicted octanol–water partition coefficient (Wildman–Crippen LogP) is 3.43. The maximum Gasteiger partial charge on any atom is 0.253 e. The van der Waals surface area contributed by atoms with Crippen molar-refractivity contribution in [3.63, 3.8) is 0 Å². The average Bonchev–Trinajstić information content (AvgIpc) is 2.39. The van der Waals surface area contributed by atoms with Gasteiger partial charge in [-0.1, -0.05) is 11.6 Å². The first-order chi connectivity index (χ1) is 8.20. The maximum atomic E-state index is 12.2. The van der Waals surface area contributed by atoms with E-state index in [1.54, 1.807) is 24.3 Å². The normalized spacial score (nSPS) is 17.2. The van der Waals surface area contributed by atoms with Crippen LogP contribution in [0.15, 0.2) is 24.3 Å². The zero-order chi connectivity index (χ0) is 12.3. The van der Waals surface area contributed by atoms with Gasteiger partial charge < -0.3 is 4.90 Å². The van der Waals surface area contributed by atoms with Crippen molar-refractivity contribution < 1.29 is 4.79 Å². The molecule has 1 aliphatic rings. The van der Waals surface area contributed by atoms with Gasteiger partial charge in [0.2, 0.25) is 0 Å². The lowest BCUT2D eigenvalue weighted by molar-refractivity contribution is 0.0698. The van der Waals surface area contributed by atoms with Crippen LogP contribution in [-0.2, 0) is 0 Å². The summed E-state index contributed by atoms with van der Waals surface area (Å²) in [5.41, 5.74) is 0.707. The Kier molecular flexibility index (Phi) is 4.30. The standard InChI is InChI=1S/C13H15Cl2NO/c14-9-10-5-7-16(8-6-10)13(17)11-1-3-12(15)4-2-11/h1-4,10H,5-9H2. The third-order valence-corrected chi connectivity index (χ3v) is 3.90. The molecule has 0 N–H and O–H groups in total. The summed E-state index contributed by atoms with van der Waals surface area (Å²) in [7, 11) is 0. The van der Waals surface area contributed by atoms with Crippen LogP contribution in [0.25, 0.3) is 0 Å². The van der Waals surface area contributed by atoms with Crippen LogP contribution in [0.2, 0.25) is 5.02 Å². The van der Waals surface area contributed by atoms with Crippen molar-refractivity contribution in [3.05, 3.63) is 34.9 Å². The molecule has 1 aliphatic heterocycles. The van der Waals surface area contributed by atoms with Crippen molar-refractivity contribution in [1.82, 2.24) is 4.90 Å². The van der Waals surface area contributed by atoms with Crippen molar-refractivity contribution in [2.75, 3.05) is 19.0 Å². The number of nitrogens with zero attached hydrogens (tertiary/aromatic N) is 1. The molecule has 1 saturated heterocycles. The first-order valence-corrected chi connectivity index (χ1v) is 6.73. The van der Waals surface area contributed by atoms with Gasteiger partial charge in [-0.25, -0.2) is 0 Å². The SMILES string of the molecule is O=C(c1ccc(Cl)cc1)N1CCC(CCl)CC1. The van der Waals surface area contributed by atoms with E-state index in [1.807, 2.05) is 4.90 Å². The first-order valence-electron chi connectivity index (χ1n) is 5.81.